The largest absolute Gasteiger partial charge is 0.489 e. The Morgan fingerprint density at radius 3 is 2.34 bits per heavy atom. The third-order valence-electron chi connectivity index (χ3n) is 7.48. The summed E-state index contributed by atoms with van der Waals surface area (Å²) >= 11 is 2.37. The van der Waals surface area contributed by atoms with Gasteiger partial charge in [-0.1, -0.05) is 85.3 Å². The second kappa shape index (κ2) is 12.8. The molecule has 4 aromatic rings. The second-order valence-corrected chi connectivity index (χ2v) is 11.5. The third kappa shape index (κ3) is 6.75. The van der Waals surface area contributed by atoms with Crippen molar-refractivity contribution in [2.45, 2.75) is 46.3 Å². The Morgan fingerprint density at radius 2 is 1.55 bits per heavy atom. The van der Waals surface area contributed by atoms with Crippen LogP contribution in [0.2, 0.25) is 0 Å². The first kappa shape index (κ1) is 26.7. The maximum Gasteiger partial charge on any atom is 0.124 e. The van der Waals surface area contributed by atoms with E-state index in [1.165, 1.54) is 80.4 Å². The van der Waals surface area contributed by atoms with Crippen molar-refractivity contribution in [2.75, 3.05) is 13.1 Å². The number of hydrogen-bond acceptors (Lipinski definition) is 2. The van der Waals surface area contributed by atoms with Crippen LogP contribution >= 0.6 is 22.6 Å². The first-order valence-electron chi connectivity index (χ1n) is 13.6. The number of piperidine rings is 1. The van der Waals surface area contributed by atoms with Crippen molar-refractivity contribution in [1.82, 2.24) is 4.90 Å². The van der Waals surface area contributed by atoms with Crippen molar-refractivity contribution >= 4 is 34.7 Å². The van der Waals surface area contributed by atoms with E-state index in [1.54, 1.807) is 0 Å². The Hall–Kier alpha value is -2.89. The summed E-state index contributed by atoms with van der Waals surface area (Å²) in [5.41, 5.74) is 10.0. The summed E-state index contributed by atoms with van der Waals surface area (Å²) in [4.78, 5) is 2.57. The van der Waals surface area contributed by atoms with Crippen molar-refractivity contribution in [1.29, 1.82) is 0 Å². The average Bonchev–Trinajstić information content (AvgIpc) is 2.94. The van der Waals surface area contributed by atoms with Crippen LogP contribution in [0.1, 0.15) is 52.6 Å². The Morgan fingerprint density at radius 1 is 0.789 bits per heavy atom. The van der Waals surface area contributed by atoms with Crippen molar-refractivity contribution in [3.05, 3.63) is 122 Å². The molecule has 194 valence electrons. The summed E-state index contributed by atoms with van der Waals surface area (Å²) in [6.07, 6.45) is 8.42. The predicted octanol–water partition coefficient (Wildman–Crippen LogP) is 9.31. The molecule has 3 heteroatoms. The number of nitrogens with zero attached hydrogens (tertiary/aromatic N) is 1. The molecule has 0 aliphatic carbocycles. The molecule has 4 aromatic carbocycles. The molecule has 5 rings (SSSR count). The fourth-order valence-electron chi connectivity index (χ4n) is 5.29. The van der Waals surface area contributed by atoms with E-state index in [4.69, 9.17) is 4.74 Å². The van der Waals surface area contributed by atoms with Gasteiger partial charge in [0.1, 0.15) is 12.4 Å². The van der Waals surface area contributed by atoms with E-state index in [0.717, 1.165) is 12.3 Å². The molecule has 38 heavy (non-hydrogen) atoms. The lowest BCUT2D eigenvalue weighted by Gasteiger charge is -2.27. The van der Waals surface area contributed by atoms with Crippen molar-refractivity contribution in [3.8, 4) is 16.9 Å². The first-order chi connectivity index (χ1) is 18.6. The molecule has 1 heterocycles. The van der Waals surface area contributed by atoms with Crippen molar-refractivity contribution in [2.24, 2.45) is 0 Å². The minimum atomic E-state index is 0.578. The van der Waals surface area contributed by atoms with Crippen LogP contribution in [0, 0.1) is 17.4 Å². The normalized spacial score (nSPS) is 14.2. The fraction of sp³-hybridized carbons (Fsp3) is 0.257. The van der Waals surface area contributed by atoms with E-state index >= 15 is 0 Å². The highest BCUT2D eigenvalue weighted by molar-refractivity contribution is 14.1. The van der Waals surface area contributed by atoms with Crippen LogP contribution in [0.5, 0.6) is 5.75 Å². The third-order valence-corrected chi connectivity index (χ3v) is 8.15. The Labute approximate surface area is 241 Å². The zero-order chi connectivity index (χ0) is 26.3. The molecule has 0 aromatic heterocycles. The molecule has 0 bridgehead atoms. The minimum Gasteiger partial charge on any atom is -0.489 e. The monoisotopic (exact) mass is 613 g/mol. The summed E-state index contributed by atoms with van der Waals surface area (Å²) in [7, 11) is 0. The molecule has 0 unspecified atom stereocenters. The number of hydrogen-bond donors (Lipinski definition) is 0. The SMILES string of the molecule is Cc1cc(CN2CCCCC2)c(OCc2cccc(I)c2)cc1/C=C/c1cccc(-c2ccccc2)c1C. The van der Waals surface area contributed by atoms with E-state index in [-0.39, 0.29) is 0 Å². The molecule has 1 aliphatic rings. The summed E-state index contributed by atoms with van der Waals surface area (Å²) in [6.45, 7) is 8.31. The lowest BCUT2D eigenvalue weighted by atomic mass is 9.95. The molecule has 0 amide bonds. The van der Waals surface area contributed by atoms with Gasteiger partial charge < -0.3 is 4.74 Å². The van der Waals surface area contributed by atoms with Gasteiger partial charge in [0.15, 0.2) is 0 Å². The molecule has 2 nitrogen and oxygen atoms in total. The number of likely N-dealkylation sites (tertiary alicyclic amines) is 1. The van der Waals surface area contributed by atoms with Gasteiger partial charge in [0.05, 0.1) is 0 Å². The van der Waals surface area contributed by atoms with E-state index in [9.17, 15) is 0 Å². The van der Waals surface area contributed by atoms with Gasteiger partial charge in [0.2, 0.25) is 0 Å². The highest BCUT2D eigenvalue weighted by Crippen LogP contribution is 2.30. The summed E-state index contributed by atoms with van der Waals surface area (Å²) in [5.74, 6) is 0.995. The number of ether oxygens (including phenoxy) is 1. The van der Waals surface area contributed by atoms with Gasteiger partial charge in [-0.25, -0.2) is 0 Å². The molecule has 0 spiro atoms. The lowest BCUT2D eigenvalue weighted by molar-refractivity contribution is 0.215. The first-order valence-corrected chi connectivity index (χ1v) is 14.7. The van der Waals surface area contributed by atoms with Crippen LogP contribution in [0.4, 0.5) is 0 Å². The zero-order valence-electron chi connectivity index (χ0n) is 22.4. The average molecular weight is 614 g/mol. The van der Waals surface area contributed by atoms with Gasteiger partial charge in [0.25, 0.3) is 0 Å². The molecular formula is C35H36INO. The number of benzene rings is 4. The summed E-state index contributed by atoms with van der Waals surface area (Å²) in [6, 6.07) is 30.3. The Bertz CT molecular complexity index is 1400. The van der Waals surface area contributed by atoms with Crippen LogP contribution in [-0.4, -0.2) is 18.0 Å². The Kier molecular flexibility index (Phi) is 8.98. The lowest BCUT2D eigenvalue weighted by Crippen LogP contribution is -2.29. The molecular weight excluding hydrogens is 577 g/mol. The molecule has 1 saturated heterocycles. The summed E-state index contributed by atoms with van der Waals surface area (Å²) in [5, 5.41) is 0. The van der Waals surface area contributed by atoms with E-state index in [2.05, 4.69) is 138 Å². The highest BCUT2D eigenvalue weighted by atomic mass is 127. The number of aryl methyl sites for hydroxylation is 1. The van der Waals surface area contributed by atoms with Gasteiger partial charge in [-0.3, -0.25) is 4.90 Å². The number of halogens is 1. The van der Waals surface area contributed by atoms with Gasteiger partial charge in [-0.15, -0.1) is 0 Å². The van der Waals surface area contributed by atoms with E-state index in [0.29, 0.717) is 6.61 Å². The standard InChI is InChI=1S/C35H36INO/c1-26-21-32(24-37-19-7-4-8-20-37)35(38-25-28-11-9-15-33(36)22-28)23-31(26)18-17-29-14-10-16-34(27(29)2)30-12-5-3-6-13-30/h3,5-6,9-18,21-23H,4,7-8,19-20,24-25H2,1-2H3/b18-17+. The minimum absolute atomic E-state index is 0.578. The van der Waals surface area contributed by atoms with Crippen LogP contribution < -0.4 is 4.74 Å². The molecule has 1 aliphatic heterocycles. The zero-order valence-corrected chi connectivity index (χ0v) is 24.6. The fourth-order valence-corrected chi connectivity index (χ4v) is 5.90. The van der Waals surface area contributed by atoms with Gasteiger partial charge in [-0.2, -0.15) is 0 Å². The number of rotatable bonds is 8. The van der Waals surface area contributed by atoms with E-state index < -0.39 is 0 Å². The van der Waals surface area contributed by atoms with Crippen LogP contribution in [0.3, 0.4) is 0 Å². The smallest absolute Gasteiger partial charge is 0.124 e. The van der Waals surface area contributed by atoms with Gasteiger partial charge in [-0.05, 0) is 120 Å². The molecule has 0 N–H and O–H groups in total. The Balaban J connectivity index is 1.43. The maximum absolute atomic E-state index is 6.50. The molecule has 1 fully saturated rings. The van der Waals surface area contributed by atoms with Crippen molar-refractivity contribution < 1.29 is 4.74 Å². The topological polar surface area (TPSA) is 12.5 Å². The van der Waals surface area contributed by atoms with Crippen LogP contribution in [0.15, 0.2) is 84.9 Å². The molecule has 0 radical (unpaired) electrons. The molecule has 0 atom stereocenters. The highest BCUT2D eigenvalue weighted by Gasteiger charge is 2.15. The van der Waals surface area contributed by atoms with Crippen LogP contribution in [0.25, 0.3) is 23.3 Å². The van der Waals surface area contributed by atoms with E-state index in [1.807, 2.05) is 0 Å². The maximum atomic E-state index is 6.50. The van der Waals surface area contributed by atoms with Crippen LogP contribution in [-0.2, 0) is 13.2 Å². The summed E-state index contributed by atoms with van der Waals surface area (Å²) < 4.78 is 7.74. The van der Waals surface area contributed by atoms with Crippen molar-refractivity contribution in [3.63, 3.8) is 0 Å². The quantitative estimate of drug-likeness (QED) is 0.145. The molecule has 0 saturated carbocycles. The van der Waals surface area contributed by atoms with Gasteiger partial charge in [0, 0.05) is 15.7 Å². The second-order valence-electron chi connectivity index (χ2n) is 10.3. The van der Waals surface area contributed by atoms with Gasteiger partial charge >= 0.3 is 0 Å². The predicted molar refractivity (Wildman–Crippen MR) is 169 cm³/mol.